The number of nitrogens with zero attached hydrogens (tertiary/aromatic N) is 4. The Bertz CT molecular complexity index is 1440. The van der Waals surface area contributed by atoms with Gasteiger partial charge in [0.25, 0.3) is 11.6 Å². The minimum absolute atomic E-state index is 0.0145. The smallest absolute Gasteiger partial charge is 0.269 e. The number of nitro benzene ring substituents is 1. The Hall–Kier alpha value is -4.31. The van der Waals surface area contributed by atoms with Crippen molar-refractivity contribution in [2.75, 3.05) is 6.54 Å². The van der Waals surface area contributed by atoms with Crippen molar-refractivity contribution >= 4 is 46.0 Å². The molecule has 10 heteroatoms. The van der Waals surface area contributed by atoms with Gasteiger partial charge in [0.15, 0.2) is 5.17 Å². The van der Waals surface area contributed by atoms with Crippen LogP contribution in [0.2, 0.25) is 0 Å². The molecule has 2 aliphatic heterocycles. The second-order valence-corrected chi connectivity index (χ2v) is 9.84. The fourth-order valence-corrected chi connectivity index (χ4v) is 5.29. The number of thioether (sulfide) groups is 1. The first-order valence-corrected chi connectivity index (χ1v) is 13.2. The van der Waals surface area contributed by atoms with Gasteiger partial charge in [0.05, 0.1) is 10.6 Å². The highest BCUT2D eigenvalue weighted by Gasteiger charge is 2.41. The highest BCUT2D eigenvalue weighted by atomic mass is 32.2. The second-order valence-electron chi connectivity index (χ2n) is 8.89. The number of hydrogen-bond donors (Lipinski definition) is 1. The summed E-state index contributed by atoms with van der Waals surface area (Å²) in [5, 5.41) is 14.5. The van der Waals surface area contributed by atoms with Crippen LogP contribution in [-0.4, -0.2) is 45.2 Å². The van der Waals surface area contributed by atoms with E-state index in [1.165, 1.54) is 28.8 Å². The maximum atomic E-state index is 13.4. The third kappa shape index (κ3) is 5.65. The number of aliphatic imine (C=N–C) groups is 2. The summed E-state index contributed by atoms with van der Waals surface area (Å²) in [4.78, 5) is 47.5. The van der Waals surface area contributed by atoms with Crippen molar-refractivity contribution in [1.82, 2.24) is 10.2 Å². The van der Waals surface area contributed by atoms with E-state index < -0.39 is 11.0 Å². The zero-order valence-corrected chi connectivity index (χ0v) is 21.3. The van der Waals surface area contributed by atoms with Gasteiger partial charge >= 0.3 is 0 Å². The number of carbonyl (C=O) groups excluding carboxylic acids is 2. The molecule has 0 fully saturated rings. The average Bonchev–Trinajstić information content (AvgIpc) is 3.28. The predicted molar refractivity (Wildman–Crippen MR) is 147 cm³/mol. The van der Waals surface area contributed by atoms with Gasteiger partial charge in [0.2, 0.25) is 5.91 Å². The van der Waals surface area contributed by atoms with Crippen LogP contribution in [0.5, 0.6) is 0 Å². The molecule has 0 aromatic heterocycles. The van der Waals surface area contributed by atoms with Gasteiger partial charge in [0, 0.05) is 36.4 Å². The molecule has 192 valence electrons. The van der Waals surface area contributed by atoms with E-state index in [0.29, 0.717) is 35.4 Å². The van der Waals surface area contributed by atoms with E-state index in [2.05, 4.69) is 5.32 Å². The molecule has 9 nitrogen and oxygen atoms in total. The second kappa shape index (κ2) is 11.4. The van der Waals surface area contributed by atoms with E-state index in [1.54, 1.807) is 12.1 Å². The van der Waals surface area contributed by atoms with Gasteiger partial charge in [-0.3, -0.25) is 24.7 Å². The van der Waals surface area contributed by atoms with E-state index in [1.807, 2.05) is 54.6 Å². The van der Waals surface area contributed by atoms with Gasteiger partial charge in [-0.2, -0.15) is 0 Å². The van der Waals surface area contributed by atoms with E-state index in [0.717, 1.165) is 23.1 Å². The predicted octanol–water partition coefficient (Wildman–Crippen LogP) is 4.63. The van der Waals surface area contributed by atoms with Gasteiger partial charge in [-0.1, -0.05) is 66.4 Å². The van der Waals surface area contributed by atoms with Crippen LogP contribution in [0.4, 0.5) is 11.4 Å². The molecule has 1 atom stereocenters. The molecule has 5 rings (SSSR count). The molecule has 0 saturated carbocycles. The normalized spacial score (nSPS) is 15.8. The van der Waals surface area contributed by atoms with E-state index in [9.17, 15) is 19.7 Å². The Morgan fingerprint density at radius 1 is 1.03 bits per heavy atom. The number of rotatable bonds is 9. The number of para-hydroxylation sites is 1. The monoisotopic (exact) mass is 527 g/mol. The molecule has 3 aromatic carbocycles. The Kier molecular flexibility index (Phi) is 7.60. The number of amides is 2. The summed E-state index contributed by atoms with van der Waals surface area (Å²) in [5.74, 6) is 0.579. The maximum Gasteiger partial charge on any atom is 0.269 e. The van der Waals surface area contributed by atoms with E-state index >= 15 is 0 Å². The molecule has 0 unspecified atom stereocenters. The number of fused-ring (bicyclic) bond motifs is 3. The number of amidine groups is 2. The summed E-state index contributed by atoms with van der Waals surface area (Å²) in [7, 11) is 0. The van der Waals surface area contributed by atoms with Crippen molar-refractivity contribution in [2.45, 2.75) is 31.1 Å². The van der Waals surface area contributed by atoms with Crippen molar-refractivity contribution in [3.05, 3.63) is 106 Å². The number of nitrogens with one attached hydrogen (secondary N) is 1. The molecule has 0 aliphatic carbocycles. The lowest BCUT2D eigenvalue weighted by molar-refractivity contribution is -0.384. The fraction of sp³-hybridized carbons (Fsp3) is 0.214. The molecule has 3 aromatic rings. The van der Waals surface area contributed by atoms with Crippen LogP contribution >= 0.6 is 11.8 Å². The zero-order valence-electron chi connectivity index (χ0n) is 20.4. The van der Waals surface area contributed by atoms with Crippen LogP contribution in [0, 0.1) is 10.1 Å². The highest BCUT2D eigenvalue weighted by molar-refractivity contribution is 8.13. The summed E-state index contributed by atoms with van der Waals surface area (Å²) in [5.41, 5.74) is 3.38. The lowest BCUT2D eigenvalue weighted by atomic mass is 10.1. The van der Waals surface area contributed by atoms with E-state index in [-0.39, 0.29) is 23.9 Å². The molecule has 38 heavy (non-hydrogen) atoms. The maximum absolute atomic E-state index is 13.4. The molecule has 0 spiro atoms. The summed E-state index contributed by atoms with van der Waals surface area (Å²) in [6.45, 7) is 0.528. The molecule has 0 radical (unpaired) electrons. The third-order valence-corrected chi connectivity index (χ3v) is 7.27. The standard InChI is InChI=1S/C28H25N5O4S/c34-25(29-16-15-19-7-2-1-3-8-19)14-13-24-27(35)32-26(30-24)22-11-4-5-12-23(22)31-28(32)38-18-20-9-6-10-21(17-20)33(36)37/h1-12,17,24H,13-16,18H2,(H,29,34)/t24-/m1/s1. The topological polar surface area (TPSA) is 117 Å². The number of non-ortho nitro benzene ring substituents is 1. The Balaban J connectivity index is 1.25. The van der Waals surface area contributed by atoms with Gasteiger partial charge in [-0.15, -0.1) is 0 Å². The van der Waals surface area contributed by atoms with Crippen molar-refractivity contribution in [1.29, 1.82) is 0 Å². The van der Waals surface area contributed by atoms with Gasteiger partial charge < -0.3 is 5.32 Å². The molecule has 1 N–H and O–H groups in total. The Labute approximate surface area is 223 Å². The molecule has 2 amide bonds. The largest absolute Gasteiger partial charge is 0.356 e. The average molecular weight is 528 g/mol. The first-order chi connectivity index (χ1) is 18.5. The SMILES string of the molecule is O=C(CC[C@H]1N=C2c3ccccc3N=C(SCc3cccc([N+](=O)[O-])c3)N2C1=O)NCCc1ccccc1. The Morgan fingerprint density at radius 2 is 1.79 bits per heavy atom. The zero-order chi connectivity index (χ0) is 26.5. The molecular formula is C28H25N5O4S. The minimum atomic E-state index is -0.681. The van der Waals surface area contributed by atoms with Crippen LogP contribution in [0.3, 0.4) is 0 Å². The van der Waals surface area contributed by atoms with Gasteiger partial charge in [-0.05, 0) is 36.1 Å². The number of benzene rings is 3. The number of carbonyl (C=O) groups is 2. The quantitative estimate of drug-likeness (QED) is 0.322. The first-order valence-electron chi connectivity index (χ1n) is 12.3. The van der Waals surface area contributed by atoms with Gasteiger partial charge in [-0.25, -0.2) is 9.89 Å². The number of nitro groups is 1. The summed E-state index contributed by atoms with van der Waals surface area (Å²) >= 11 is 1.32. The van der Waals surface area contributed by atoms with Crippen LogP contribution in [-0.2, 0) is 21.8 Å². The molecule has 2 heterocycles. The summed E-state index contributed by atoms with van der Waals surface area (Å²) in [6.07, 6.45) is 1.22. The molecule has 0 bridgehead atoms. The van der Waals surface area contributed by atoms with Crippen molar-refractivity contribution in [2.24, 2.45) is 9.98 Å². The highest BCUT2D eigenvalue weighted by Crippen LogP contribution is 2.35. The lowest BCUT2D eigenvalue weighted by Crippen LogP contribution is -2.41. The van der Waals surface area contributed by atoms with Crippen LogP contribution in [0.1, 0.15) is 29.5 Å². The van der Waals surface area contributed by atoms with Crippen LogP contribution < -0.4 is 5.32 Å². The van der Waals surface area contributed by atoms with Crippen LogP contribution in [0.25, 0.3) is 0 Å². The number of hydrogen-bond acceptors (Lipinski definition) is 7. The van der Waals surface area contributed by atoms with Crippen molar-refractivity contribution in [3.8, 4) is 0 Å². The molecular weight excluding hydrogens is 502 g/mol. The van der Waals surface area contributed by atoms with E-state index in [4.69, 9.17) is 9.98 Å². The summed E-state index contributed by atoms with van der Waals surface area (Å²) in [6, 6.07) is 23.1. The third-order valence-electron chi connectivity index (χ3n) is 6.26. The molecule has 0 saturated heterocycles. The lowest BCUT2D eigenvalue weighted by Gasteiger charge is -2.25. The van der Waals surface area contributed by atoms with Crippen molar-refractivity contribution < 1.29 is 14.5 Å². The van der Waals surface area contributed by atoms with Gasteiger partial charge in [0.1, 0.15) is 11.9 Å². The summed E-state index contributed by atoms with van der Waals surface area (Å²) < 4.78 is 0. The molecule has 2 aliphatic rings. The minimum Gasteiger partial charge on any atom is -0.356 e. The fourth-order valence-electron chi connectivity index (χ4n) is 4.34. The van der Waals surface area contributed by atoms with Crippen molar-refractivity contribution in [3.63, 3.8) is 0 Å². The first kappa shape index (κ1) is 25.3. The van der Waals surface area contributed by atoms with Crippen LogP contribution in [0.15, 0.2) is 88.8 Å². The Morgan fingerprint density at radius 3 is 2.61 bits per heavy atom.